The van der Waals surface area contributed by atoms with E-state index in [-0.39, 0.29) is 5.75 Å². The molecule has 0 spiro atoms. The highest BCUT2D eigenvalue weighted by Crippen LogP contribution is 2.33. The van der Waals surface area contributed by atoms with Crippen molar-refractivity contribution in [3.8, 4) is 0 Å². The molecule has 4 nitrogen and oxygen atoms in total. The molecule has 19 heavy (non-hydrogen) atoms. The zero-order valence-electron chi connectivity index (χ0n) is 10.8. The Morgan fingerprint density at radius 1 is 1.53 bits per heavy atom. The van der Waals surface area contributed by atoms with Gasteiger partial charge in [-0.15, -0.1) is 0 Å². The zero-order valence-corrected chi connectivity index (χ0v) is 11.6. The van der Waals surface area contributed by atoms with Crippen LogP contribution >= 0.6 is 0 Å². The first-order chi connectivity index (χ1) is 8.80. The van der Waals surface area contributed by atoms with Crippen molar-refractivity contribution in [2.75, 3.05) is 18.6 Å². The van der Waals surface area contributed by atoms with Gasteiger partial charge in [0.25, 0.3) is 0 Å². The van der Waals surface area contributed by atoms with Crippen LogP contribution in [0, 0.1) is 0 Å². The second kappa shape index (κ2) is 5.24. The number of fused-ring (bicyclic) bond motifs is 1. The van der Waals surface area contributed by atoms with Gasteiger partial charge in [-0.3, -0.25) is 4.21 Å². The number of imidazole rings is 1. The second-order valence-corrected chi connectivity index (χ2v) is 6.19. The Kier molecular flexibility index (Phi) is 4.00. The first kappa shape index (κ1) is 14.5. The predicted molar refractivity (Wildman–Crippen MR) is 66.3 cm³/mol. The van der Waals surface area contributed by atoms with Gasteiger partial charge in [-0.1, -0.05) is 0 Å². The second-order valence-electron chi connectivity index (χ2n) is 4.71. The maximum Gasteiger partial charge on any atom is 0.449 e. The summed E-state index contributed by atoms with van der Waals surface area (Å²) in [7, 11) is -1.15. The largest absolute Gasteiger partial charge is 0.449 e. The van der Waals surface area contributed by atoms with Crippen molar-refractivity contribution in [2.24, 2.45) is 0 Å². The van der Waals surface area contributed by atoms with Crippen molar-refractivity contribution in [1.82, 2.24) is 14.9 Å². The van der Waals surface area contributed by atoms with E-state index in [4.69, 9.17) is 0 Å². The third-order valence-corrected chi connectivity index (χ3v) is 4.05. The number of nitrogens with one attached hydrogen (secondary N) is 1. The van der Waals surface area contributed by atoms with E-state index >= 15 is 0 Å². The van der Waals surface area contributed by atoms with Crippen molar-refractivity contribution in [3.63, 3.8) is 0 Å². The lowest BCUT2D eigenvalue weighted by Gasteiger charge is -2.21. The average Bonchev–Trinajstić information content (AvgIpc) is 2.66. The highest BCUT2D eigenvalue weighted by Gasteiger charge is 2.40. The van der Waals surface area contributed by atoms with Gasteiger partial charge in [0.15, 0.2) is 0 Å². The summed E-state index contributed by atoms with van der Waals surface area (Å²) in [6.07, 6.45) is -2.48. The van der Waals surface area contributed by atoms with Crippen LogP contribution in [0.25, 0.3) is 0 Å². The van der Waals surface area contributed by atoms with E-state index in [9.17, 15) is 17.4 Å². The van der Waals surface area contributed by atoms with E-state index in [2.05, 4.69) is 10.3 Å². The van der Waals surface area contributed by atoms with E-state index in [0.717, 1.165) is 0 Å². The van der Waals surface area contributed by atoms with E-state index < -0.39 is 28.8 Å². The summed E-state index contributed by atoms with van der Waals surface area (Å²) in [5.41, 5.74) is 1.07. The van der Waals surface area contributed by atoms with Crippen LogP contribution in [0.1, 0.15) is 30.2 Å². The molecule has 0 amide bonds. The summed E-state index contributed by atoms with van der Waals surface area (Å²) in [6.45, 7) is 2.64. The van der Waals surface area contributed by atoms with Crippen LogP contribution in [0.3, 0.4) is 0 Å². The smallest absolute Gasteiger partial charge is 0.320 e. The molecule has 0 radical (unpaired) electrons. The van der Waals surface area contributed by atoms with Crippen LogP contribution in [-0.2, 0) is 29.9 Å². The maximum absolute atomic E-state index is 13.1. The van der Waals surface area contributed by atoms with Crippen LogP contribution in [0.15, 0.2) is 0 Å². The van der Waals surface area contributed by atoms with E-state index in [0.29, 0.717) is 30.9 Å². The summed E-state index contributed by atoms with van der Waals surface area (Å²) in [5.74, 6) is -0.682. The summed E-state index contributed by atoms with van der Waals surface area (Å²) >= 11 is 0. The quantitative estimate of drug-likeness (QED) is 0.919. The third-order valence-electron chi connectivity index (χ3n) is 3.09. The van der Waals surface area contributed by atoms with Crippen LogP contribution in [0.4, 0.5) is 13.2 Å². The number of rotatable bonds is 3. The van der Waals surface area contributed by atoms with Crippen LogP contribution in [0.5, 0.6) is 0 Å². The minimum absolute atomic E-state index is 0.194. The van der Waals surface area contributed by atoms with Crippen molar-refractivity contribution >= 4 is 10.8 Å². The SMILES string of the molecule is CC(CS(C)=O)n1c(C(F)(F)F)nc2c1CCNC2. The lowest BCUT2D eigenvalue weighted by Crippen LogP contribution is -2.27. The molecule has 0 bridgehead atoms. The number of aromatic nitrogens is 2. The fourth-order valence-electron chi connectivity index (χ4n) is 2.42. The number of hydrogen-bond donors (Lipinski definition) is 1. The lowest BCUT2D eigenvalue weighted by molar-refractivity contribution is -0.147. The molecule has 1 N–H and O–H groups in total. The van der Waals surface area contributed by atoms with Gasteiger partial charge in [-0.2, -0.15) is 13.2 Å². The molecule has 2 heterocycles. The number of nitrogens with zero attached hydrogens (tertiary/aromatic N) is 2. The van der Waals surface area contributed by atoms with Crippen molar-refractivity contribution in [2.45, 2.75) is 32.1 Å². The summed E-state index contributed by atoms with van der Waals surface area (Å²) < 4.78 is 51.6. The summed E-state index contributed by atoms with van der Waals surface area (Å²) in [5, 5.41) is 3.01. The molecule has 0 aliphatic carbocycles. The molecule has 0 saturated carbocycles. The Morgan fingerprint density at radius 2 is 2.21 bits per heavy atom. The molecule has 8 heteroatoms. The van der Waals surface area contributed by atoms with E-state index in [1.54, 1.807) is 6.92 Å². The molecule has 2 unspecified atom stereocenters. The zero-order chi connectivity index (χ0) is 14.2. The van der Waals surface area contributed by atoms with Crippen LogP contribution in [-0.4, -0.2) is 32.3 Å². The van der Waals surface area contributed by atoms with Gasteiger partial charge in [0.1, 0.15) is 0 Å². The van der Waals surface area contributed by atoms with Crippen LogP contribution in [0.2, 0.25) is 0 Å². The first-order valence-corrected chi connectivity index (χ1v) is 7.71. The number of hydrogen-bond acceptors (Lipinski definition) is 3. The standard InChI is InChI=1S/C11H16F3N3OS/c1-7(6-19(2)18)17-9-3-4-15-5-8(9)16-10(17)11(12,13)14/h7,15H,3-6H2,1-2H3. The van der Waals surface area contributed by atoms with E-state index in [1.807, 2.05) is 0 Å². The normalized spacial score (nSPS) is 19.0. The molecule has 1 aliphatic rings. The van der Waals surface area contributed by atoms with Gasteiger partial charge >= 0.3 is 6.18 Å². The van der Waals surface area contributed by atoms with Gasteiger partial charge in [-0.05, 0) is 6.92 Å². The molecule has 0 fully saturated rings. The molecular formula is C11H16F3N3OS. The predicted octanol–water partition coefficient (Wildman–Crippen LogP) is 1.49. The Balaban J connectivity index is 2.49. The minimum Gasteiger partial charge on any atom is -0.320 e. The van der Waals surface area contributed by atoms with E-state index in [1.165, 1.54) is 10.8 Å². The minimum atomic E-state index is -4.49. The Bertz CT molecular complexity index is 498. The number of halogens is 3. The Morgan fingerprint density at radius 3 is 2.79 bits per heavy atom. The maximum atomic E-state index is 13.1. The molecule has 0 saturated heterocycles. The number of alkyl halides is 3. The van der Waals surface area contributed by atoms with Gasteiger partial charge in [0, 0.05) is 54.1 Å². The molecule has 0 aromatic carbocycles. The summed E-state index contributed by atoms with van der Waals surface area (Å²) in [4.78, 5) is 3.73. The Hall–Kier alpha value is -0.890. The average molecular weight is 295 g/mol. The topological polar surface area (TPSA) is 46.9 Å². The third kappa shape index (κ3) is 3.00. The molecule has 2 atom stereocenters. The van der Waals surface area contributed by atoms with Crippen molar-refractivity contribution < 1.29 is 17.4 Å². The molecule has 2 rings (SSSR count). The van der Waals surface area contributed by atoms with Crippen molar-refractivity contribution in [3.05, 3.63) is 17.2 Å². The highest BCUT2D eigenvalue weighted by molar-refractivity contribution is 7.84. The van der Waals surface area contributed by atoms with Gasteiger partial charge in [0.05, 0.1) is 5.69 Å². The lowest BCUT2D eigenvalue weighted by atomic mass is 10.1. The Labute approximate surface area is 111 Å². The molecular weight excluding hydrogens is 279 g/mol. The van der Waals surface area contributed by atoms with Gasteiger partial charge in [0.2, 0.25) is 5.82 Å². The molecule has 1 aliphatic heterocycles. The highest BCUT2D eigenvalue weighted by atomic mass is 32.2. The van der Waals surface area contributed by atoms with Crippen molar-refractivity contribution in [1.29, 1.82) is 0 Å². The monoisotopic (exact) mass is 295 g/mol. The fourth-order valence-corrected chi connectivity index (χ4v) is 3.25. The fraction of sp³-hybridized carbons (Fsp3) is 0.727. The summed E-state index contributed by atoms with van der Waals surface area (Å²) in [6, 6.07) is -0.475. The van der Waals surface area contributed by atoms with Gasteiger partial charge in [-0.25, -0.2) is 4.98 Å². The molecule has 108 valence electrons. The molecule has 1 aromatic rings. The molecule has 1 aromatic heterocycles. The van der Waals surface area contributed by atoms with Gasteiger partial charge < -0.3 is 9.88 Å². The first-order valence-electron chi connectivity index (χ1n) is 5.98. The van der Waals surface area contributed by atoms with Crippen LogP contribution < -0.4 is 5.32 Å².